The summed E-state index contributed by atoms with van der Waals surface area (Å²) in [5, 5.41) is 7.64. The van der Waals surface area contributed by atoms with Crippen molar-refractivity contribution in [2.45, 2.75) is 19.4 Å². The molecule has 1 saturated heterocycles. The highest BCUT2D eigenvalue weighted by Crippen LogP contribution is 2.40. The second-order valence-corrected chi connectivity index (χ2v) is 4.53. The molecule has 1 aliphatic heterocycles. The van der Waals surface area contributed by atoms with E-state index in [4.69, 9.17) is 9.47 Å². The monoisotopic (exact) mass is 239 g/mol. The second-order valence-electron chi connectivity index (χ2n) is 4.53. The molecule has 17 heavy (non-hydrogen) atoms. The first-order valence-electron chi connectivity index (χ1n) is 6.02. The van der Waals surface area contributed by atoms with E-state index in [0.717, 1.165) is 36.7 Å². The molecule has 1 aromatic rings. The van der Waals surface area contributed by atoms with E-state index in [-0.39, 0.29) is 6.10 Å². The Labute approximate surface area is 102 Å². The average molecular weight is 239 g/mol. The van der Waals surface area contributed by atoms with Crippen LogP contribution in [0.3, 0.4) is 0 Å². The van der Waals surface area contributed by atoms with E-state index in [1.165, 1.54) is 0 Å². The predicted molar refractivity (Wildman–Crippen MR) is 65.2 cm³/mol. The lowest BCUT2D eigenvalue weighted by atomic mass is 9.95. The minimum Gasteiger partial charge on any atom is -0.481 e. The molecule has 0 spiro atoms. The van der Waals surface area contributed by atoms with Crippen LogP contribution in [-0.4, -0.2) is 37.1 Å². The molecule has 2 rings (SSSR count). The van der Waals surface area contributed by atoms with E-state index in [2.05, 4.69) is 10.4 Å². The first kappa shape index (κ1) is 12.4. The van der Waals surface area contributed by atoms with Crippen molar-refractivity contribution in [1.29, 1.82) is 0 Å². The molecule has 2 atom stereocenters. The van der Waals surface area contributed by atoms with Crippen molar-refractivity contribution < 1.29 is 9.47 Å². The molecule has 1 N–H and O–H groups in total. The van der Waals surface area contributed by atoms with Gasteiger partial charge in [-0.25, -0.2) is 4.68 Å². The molecular weight excluding hydrogens is 218 g/mol. The Morgan fingerprint density at radius 1 is 1.59 bits per heavy atom. The predicted octanol–water partition coefficient (Wildman–Crippen LogP) is 1.03. The Hall–Kier alpha value is -1.07. The minimum atomic E-state index is 0.103. The van der Waals surface area contributed by atoms with Crippen LogP contribution in [0.1, 0.15) is 23.8 Å². The van der Waals surface area contributed by atoms with Crippen molar-refractivity contribution in [3.63, 3.8) is 0 Å². The van der Waals surface area contributed by atoms with Gasteiger partial charge >= 0.3 is 0 Å². The molecule has 5 heteroatoms. The summed E-state index contributed by atoms with van der Waals surface area (Å²) in [5.41, 5.74) is 2.10. The third-order valence-corrected chi connectivity index (χ3v) is 3.37. The van der Waals surface area contributed by atoms with Crippen LogP contribution in [0.25, 0.3) is 0 Å². The molecule has 96 valence electrons. The van der Waals surface area contributed by atoms with Crippen molar-refractivity contribution in [2.75, 3.05) is 27.3 Å². The molecule has 0 aliphatic carbocycles. The number of aryl methyl sites for hydroxylation is 2. The molecule has 1 fully saturated rings. The number of hydrogen-bond acceptors (Lipinski definition) is 4. The van der Waals surface area contributed by atoms with Gasteiger partial charge in [0.25, 0.3) is 0 Å². The molecule has 1 aliphatic rings. The minimum absolute atomic E-state index is 0.103. The van der Waals surface area contributed by atoms with Crippen molar-refractivity contribution in [2.24, 2.45) is 13.0 Å². The number of ether oxygens (including phenoxy) is 2. The molecule has 5 nitrogen and oxygen atoms in total. The quantitative estimate of drug-likeness (QED) is 0.852. The molecule has 0 aromatic carbocycles. The van der Waals surface area contributed by atoms with Crippen LogP contribution < -0.4 is 10.1 Å². The standard InChI is InChI=1S/C12H21N3O2/c1-8-10(12(16-4)15(3)14-8)11-9(7-13-2)5-6-17-11/h9,11,13H,5-7H2,1-4H3. The van der Waals surface area contributed by atoms with Crippen LogP contribution >= 0.6 is 0 Å². The highest BCUT2D eigenvalue weighted by molar-refractivity contribution is 5.34. The largest absolute Gasteiger partial charge is 0.481 e. The number of nitrogens with zero attached hydrogens (tertiary/aromatic N) is 2. The maximum absolute atomic E-state index is 5.87. The molecular formula is C12H21N3O2. The summed E-state index contributed by atoms with van der Waals surface area (Å²) >= 11 is 0. The molecule has 1 aromatic heterocycles. The van der Waals surface area contributed by atoms with Crippen LogP contribution in [0.2, 0.25) is 0 Å². The average Bonchev–Trinajstić information content (AvgIpc) is 2.83. The fraction of sp³-hybridized carbons (Fsp3) is 0.750. The number of hydrogen-bond donors (Lipinski definition) is 1. The van der Waals surface area contributed by atoms with Gasteiger partial charge in [0.2, 0.25) is 5.88 Å². The van der Waals surface area contributed by atoms with Crippen LogP contribution in [0.5, 0.6) is 5.88 Å². The fourth-order valence-electron chi connectivity index (χ4n) is 2.65. The van der Waals surface area contributed by atoms with Gasteiger partial charge in [0.1, 0.15) is 0 Å². The summed E-state index contributed by atoms with van der Waals surface area (Å²) in [4.78, 5) is 0. The Bertz CT molecular complexity index is 389. The Balaban J connectivity index is 2.32. The van der Waals surface area contributed by atoms with Crippen LogP contribution in [0.15, 0.2) is 0 Å². The Kier molecular flexibility index (Phi) is 3.69. The first-order chi connectivity index (χ1) is 8.19. The third kappa shape index (κ3) is 2.17. The lowest BCUT2D eigenvalue weighted by molar-refractivity contribution is 0.0879. The number of methoxy groups -OCH3 is 1. The van der Waals surface area contributed by atoms with Gasteiger partial charge in [0.15, 0.2) is 0 Å². The zero-order chi connectivity index (χ0) is 12.4. The molecule has 0 bridgehead atoms. The lowest BCUT2D eigenvalue weighted by Gasteiger charge is -2.19. The van der Waals surface area contributed by atoms with E-state index in [9.17, 15) is 0 Å². The van der Waals surface area contributed by atoms with Crippen LogP contribution in [-0.2, 0) is 11.8 Å². The first-order valence-corrected chi connectivity index (χ1v) is 6.02. The van der Waals surface area contributed by atoms with Crippen molar-refractivity contribution in [3.05, 3.63) is 11.3 Å². The highest BCUT2D eigenvalue weighted by Gasteiger charge is 2.34. The Morgan fingerprint density at radius 2 is 2.35 bits per heavy atom. The summed E-state index contributed by atoms with van der Waals surface area (Å²) in [7, 11) is 5.56. The van der Waals surface area contributed by atoms with Gasteiger partial charge in [-0.2, -0.15) is 5.10 Å². The van der Waals surface area contributed by atoms with Gasteiger partial charge in [0.05, 0.1) is 24.5 Å². The number of rotatable bonds is 4. The maximum atomic E-state index is 5.87. The summed E-state index contributed by atoms with van der Waals surface area (Å²) in [5.74, 6) is 1.31. The van der Waals surface area contributed by atoms with Gasteiger partial charge < -0.3 is 14.8 Å². The van der Waals surface area contributed by atoms with Gasteiger partial charge in [-0.3, -0.25) is 0 Å². The number of aromatic nitrogens is 2. The van der Waals surface area contributed by atoms with E-state index >= 15 is 0 Å². The zero-order valence-corrected chi connectivity index (χ0v) is 11.0. The summed E-state index contributed by atoms with van der Waals surface area (Å²) < 4.78 is 13.1. The molecule has 0 radical (unpaired) electrons. The van der Waals surface area contributed by atoms with E-state index < -0.39 is 0 Å². The van der Waals surface area contributed by atoms with E-state index in [0.29, 0.717) is 5.92 Å². The van der Waals surface area contributed by atoms with E-state index in [1.54, 1.807) is 11.8 Å². The third-order valence-electron chi connectivity index (χ3n) is 3.37. The molecule has 0 saturated carbocycles. The highest BCUT2D eigenvalue weighted by atomic mass is 16.5. The second kappa shape index (κ2) is 5.06. The smallest absolute Gasteiger partial charge is 0.217 e. The van der Waals surface area contributed by atoms with Gasteiger partial charge in [-0.15, -0.1) is 0 Å². The zero-order valence-electron chi connectivity index (χ0n) is 11.0. The van der Waals surface area contributed by atoms with Crippen molar-refractivity contribution >= 4 is 0 Å². The SMILES string of the molecule is CNCC1CCOC1c1c(C)nn(C)c1OC. The van der Waals surface area contributed by atoms with Gasteiger partial charge in [-0.05, 0) is 20.4 Å². The maximum Gasteiger partial charge on any atom is 0.217 e. The number of nitrogens with one attached hydrogen (secondary N) is 1. The lowest BCUT2D eigenvalue weighted by Crippen LogP contribution is -2.22. The van der Waals surface area contributed by atoms with Crippen molar-refractivity contribution in [1.82, 2.24) is 15.1 Å². The van der Waals surface area contributed by atoms with E-state index in [1.807, 2.05) is 21.0 Å². The summed E-state index contributed by atoms with van der Waals surface area (Å²) in [6.45, 7) is 3.78. The van der Waals surface area contributed by atoms with Crippen molar-refractivity contribution in [3.8, 4) is 5.88 Å². The topological polar surface area (TPSA) is 48.3 Å². The molecule has 2 heterocycles. The molecule has 0 amide bonds. The normalized spacial score (nSPS) is 24.2. The van der Waals surface area contributed by atoms with Crippen LogP contribution in [0, 0.1) is 12.8 Å². The van der Waals surface area contributed by atoms with Gasteiger partial charge in [-0.1, -0.05) is 0 Å². The van der Waals surface area contributed by atoms with Crippen LogP contribution in [0.4, 0.5) is 0 Å². The van der Waals surface area contributed by atoms with Gasteiger partial charge in [0, 0.05) is 26.1 Å². The Morgan fingerprint density at radius 3 is 3.00 bits per heavy atom. The molecule has 2 unspecified atom stereocenters. The summed E-state index contributed by atoms with van der Waals surface area (Å²) in [6.07, 6.45) is 1.19. The fourth-order valence-corrected chi connectivity index (χ4v) is 2.65. The summed E-state index contributed by atoms with van der Waals surface area (Å²) in [6, 6.07) is 0.